The van der Waals surface area contributed by atoms with Crippen LogP contribution in [0.15, 0.2) is 8.80 Å². The van der Waals surface area contributed by atoms with E-state index >= 15 is 0 Å². The third-order valence-electron chi connectivity index (χ3n) is 0.421. The minimum Gasteiger partial charge on any atom is -0.756 e. The summed E-state index contributed by atoms with van der Waals surface area (Å²) in [7, 11) is -0.516. The van der Waals surface area contributed by atoms with Gasteiger partial charge in [0.15, 0.2) is 0 Å². The quantitative estimate of drug-likeness (QED) is 0.0501. The Labute approximate surface area is 159 Å². The molecule has 120 valence electrons. The molecule has 0 aliphatic rings. The number of carboxylic acid groups (broad SMARTS) is 2. The third-order valence-corrected chi connectivity index (χ3v) is 4.97. The third kappa shape index (κ3) is 59.3. The molecule has 18 heteroatoms. The van der Waals surface area contributed by atoms with Gasteiger partial charge in [-0.05, 0) is 0 Å². The summed E-state index contributed by atoms with van der Waals surface area (Å²) in [5.41, 5.74) is 0. The summed E-state index contributed by atoms with van der Waals surface area (Å²) >= 11 is 0. The van der Waals surface area contributed by atoms with Gasteiger partial charge in [0, 0.05) is 19.7 Å². The number of nitrogens with zero attached hydrogens (tertiary/aromatic N) is 2. The van der Waals surface area contributed by atoms with E-state index in [9.17, 15) is 9.59 Å². The predicted molar refractivity (Wildman–Crippen MR) is 73.9 cm³/mol. The number of isocyanates is 2. The zero-order valence-corrected chi connectivity index (χ0v) is 16.4. The minimum atomic E-state index is -4.89. The van der Waals surface area contributed by atoms with Crippen molar-refractivity contribution in [3.8, 4) is 0 Å². The molecule has 0 aliphatic heterocycles. The summed E-state index contributed by atoms with van der Waals surface area (Å²) in [5, 5.41) is 14.8. The minimum absolute atomic E-state index is 0. The number of hydrogen-bond donors (Lipinski definition) is 4. The molecule has 0 bridgehead atoms. The van der Waals surface area contributed by atoms with Crippen molar-refractivity contribution in [3.05, 3.63) is 0 Å². The van der Waals surface area contributed by atoms with E-state index in [1.54, 1.807) is 0 Å². The van der Waals surface area contributed by atoms with Crippen molar-refractivity contribution in [2.24, 2.45) is 8.80 Å². The maximum atomic E-state index is 9.47. The molecule has 22 heavy (non-hydrogen) atoms. The second-order valence-electron chi connectivity index (χ2n) is 1.75. The van der Waals surface area contributed by atoms with Crippen molar-refractivity contribution in [2.45, 2.75) is 0 Å². The smallest absolute Gasteiger partial charge is 0.756 e. The standard InChI is InChI=1S/C2N2O2S4.C2H2O4.Na.H3O4P/c5-1-3-7-9-10-8-4-2-6;3-1(4)2(5)6;;1-5(2,3)4/h;(H,3,4)(H,5,6);;(H3,1,2,3,4)/q;;+1;/p-1. The molecule has 0 aliphatic carbocycles. The maximum absolute atomic E-state index is 9.47. The predicted octanol–water partition coefficient (Wildman–Crippen LogP) is -3.24. The van der Waals surface area contributed by atoms with E-state index in [0.717, 1.165) is 22.0 Å². The Balaban J connectivity index is -0.000000117. The van der Waals surface area contributed by atoms with Crippen molar-refractivity contribution in [3.63, 3.8) is 0 Å². The monoisotopic (exact) mass is 422 g/mol. The summed E-state index contributed by atoms with van der Waals surface area (Å²) in [6, 6.07) is 0. The van der Waals surface area contributed by atoms with Crippen molar-refractivity contribution in [1.82, 2.24) is 0 Å². The van der Waals surface area contributed by atoms with Gasteiger partial charge < -0.3 is 24.9 Å². The Kier molecular flexibility index (Phi) is 29.0. The van der Waals surface area contributed by atoms with Gasteiger partial charge in [-0.2, -0.15) is 0 Å². The molecule has 0 unspecified atom stereocenters. The molecule has 0 atom stereocenters. The van der Waals surface area contributed by atoms with E-state index < -0.39 is 19.8 Å². The number of carbonyl (C=O) groups excluding carboxylic acids is 2. The van der Waals surface area contributed by atoms with Crippen LogP contribution < -0.4 is 34.5 Å². The number of carboxylic acids is 2. The zero-order valence-electron chi connectivity index (χ0n) is 10.2. The molecule has 0 fully saturated rings. The van der Waals surface area contributed by atoms with Gasteiger partial charge in [0.05, 0.1) is 22.0 Å². The van der Waals surface area contributed by atoms with E-state index in [1.165, 1.54) is 31.8 Å². The number of rotatable bonds is 5. The molecule has 0 aromatic carbocycles. The van der Waals surface area contributed by atoms with Gasteiger partial charge in [0.2, 0.25) is 12.2 Å². The second kappa shape index (κ2) is 21.2. The number of hydrogen-bond acceptors (Lipinski definition) is 12. The SMILES string of the molecule is O=C(O)C(=O)O.O=C=NSSSSN=C=O.O=P([O-])(O)O.[Na+]. The average molecular weight is 422 g/mol. The normalized spacial score (nSPS) is 8.14. The van der Waals surface area contributed by atoms with Crippen molar-refractivity contribution >= 4 is 73.5 Å². The molecule has 0 spiro atoms. The Morgan fingerprint density at radius 3 is 1.32 bits per heavy atom. The largest absolute Gasteiger partial charge is 1.00 e. The van der Waals surface area contributed by atoms with Crippen molar-refractivity contribution in [1.29, 1.82) is 0 Å². The summed E-state index contributed by atoms with van der Waals surface area (Å²) in [5.74, 6) is -3.65. The Bertz CT molecular complexity index is 420. The van der Waals surface area contributed by atoms with Crippen LogP contribution in [-0.2, 0) is 23.7 Å². The molecule has 0 amide bonds. The summed E-state index contributed by atoms with van der Waals surface area (Å²) in [6.07, 6.45) is 2.69. The molecule has 0 aromatic heterocycles. The fourth-order valence-corrected chi connectivity index (χ4v) is 3.11. The van der Waals surface area contributed by atoms with Crippen LogP contribution in [0.5, 0.6) is 0 Å². The molecule has 0 heterocycles. The van der Waals surface area contributed by atoms with Crippen LogP contribution >= 0.6 is 49.4 Å². The van der Waals surface area contributed by atoms with E-state index in [-0.39, 0.29) is 29.6 Å². The first-order valence-electron chi connectivity index (χ1n) is 3.59. The van der Waals surface area contributed by atoms with Gasteiger partial charge in [-0.15, -0.1) is 8.80 Å². The Morgan fingerprint density at radius 2 is 1.18 bits per heavy atom. The van der Waals surface area contributed by atoms with E-state index in [4.69, 9.17) is 39.0 Å². The zero-order chi connectivity index (χ0) is 17.3. The molecular weight excluding hydrogens is 418 g/mol. The average Bonchev–Trinajstić information content (AvgIpc) is 2.32. The van der Waals surface area contributed by atoms with E-state index in [0.29, 0.717) is 0 Å². The van der Waals surface area contributed by atoms with Crippen LogP contribution in [0.3, 0.4) is 0 Å². The summed E-state index contributed by atoms with van der Waals surface area (Å²) < 4.78 is 15.1. The Hall–Kier alpha value is 0.210. The molecule has 12 nitrogen and oxygen atoms in total. The maximum Gasteiger partial charge on any atom is 1.00 e. The van der Waals surface area contributed by atoms with Gasteiger partial charge in [-0.1, -0.05) is 0 Å². The molecule has 0 saturated carbocycles. The van der Waals surface area contributed by atoms with Crippen LogP contribution in [-0.4, -0.2) is 44.1 Å². The van der Waals surface area contributed by atoms with Crippen LogP contribution in [0.4, 0.5) is 0 Å². The fraction of sp³-hybridized carbons (Fsp3) is 0. The van der Waals surface area contributed by atoms with E-state index in [2.05, 4.69) is 8.80 Å². The first kappa shape index (κ1) is 30.1. The molecule has 0 radical (unpaired) electrons. The van der Waals surface area contributed by atoms with Crippen LogP contribution in [0.2, 0.25) is 0 Å². The molecular formula is C4H4N2NaO10PS4. The van der Waals surface area contributed by atoms with Gasteiger partial charge in [-0.25, -0.2) is 19.2 Å². The molecule has 0 saturated heterocycles. The van der Waals surface area contributed by atoms with Crippen molar-refractivity contribution in [2.75, 3.05) is 0 Å². The number of phosphoric acid groups is 1. The van der Waals surface area contributed by atoms with Gasteiger partial charge in [0.1, 0.15) is 0 Å². The molecule has 4 N–H and O–H groups in total. The topological polar surface area (TPSA) is 214 Å². The first-order chi connectivity index (χ1) is 9.56. The van der Waals surface area contributed by atoms with Crippen LogP contribution in [0.1, 0.15) is 0 Å². The number of aliphatic carboxylic acids is 2. The van der Waals surface area contributed by atoms with Gasteiger partial charge in [0.25, 0.3) is 7.82 Å². The Morgan fingerprint density at radius 1 is 0.955 bits per heavy atom. The van der Waals surface area contributed by atoms with Gasteiger partial charge in [-0.3, -0.25) is 4.57 Å². The molecule has 0 rings (SSSR count). The number of carbonyl (C=O) groups is 2. The van der Waals surface area contributed by atoms with Crippen molar-refractivity contribution < 1.29 is 78.2 Å². The van der Waals surface area contributed by atoms with Crippen LogP contribution in [0, 0.1) is 0 Å². The van der Waals surface area contributed by atoms with Crippen LogP contribution in [0.25, 0.3) is 0 Å². The fourth-order valence-electron chi connectivity index (χ4n) is 0.0857. The molecule has 0 aromatic rings. The summed E-state index contributed by atoms with van der Waals surface area (Å²) in [6.45, 7) is 0. The second-order valence-corrected chi connectivity index (χ2v) is 7.83. The first-order valence-corrected chi connectivity index (χ1v) is 9.85. The van der Waals surface area contributed by atoms with Gasteiger partial charge >= 0.3 is 41.5 Å². The van der Waals surface area contributed by atoms with E-state index in [1.807, 2.05) is 0 Å². The summed E-state index contributed by atoms with van der Waals surface area (Å²) in [4.78, 5) is 60.1.